The van der Waals surface area contributed by atoms with E-state index in [1.807, 2.05) is 0 Å². The Morgan fingerprint density at radius 1 is 1.29 bits per heavy atom. The molecule has 1 aromatic heterocycles. The maximum Gasteiger partial charge on any atom is 0.340 e. The number of halogens is 4. The van der Waals surface area contributed by atoms with E-state index in [1.54, 1.807) is 0 Å². The highest BCUT2D eigenvalue weighted by molar-refractivity contribution is 4.93. The summed E-state index contributed by atoms with van der Waals surface area (Å²) >= 11 is 0. The molecule has 0 fully saturated rings. The zero-order valence-electron chi connectivity index (χ0n) is 6.83. The van der Waals surface area contributed by atoms with Crippen LogP contribution in [0.3, 0.4) is 0 Å². The highest BCUT2D eigenvalue weighted by atomic mass is 19.3. The van der Waals surface area contributed by atoms with E-state index in [-0.39, 0.29) is 6.01 Å². The number of hydrogen-bond acceptors (Lipinski definition) is 3. The number of ether oxygens (including phenoxy) is 1. The second kappa shape index (κ2) is 4.21. The van der Waals surface area contributed by atoms with Crippen molar-refractivity contribution in [2.75, 3.05) is 6.61 Å². The molecule has 1 rings (SSSR count). The Balaban J connectivity index is 2.49. The maximum absolute atomic E-state index is 12.3. The third kappa shape index (κ3) is 2.82. The Hall–Kier alpha value is -1.40. The molecule has 0 N–H and O–H groups in total. The number of nitrogens with zero attached hydrogens (tertiary/aromatic N) is 2. The molecule has 14 heavy (non-hydrogen) atoms. The van der Waals surface area contributed by atoms with Gasteiger partial charge in [-0.2, -0.15) is 8.78 Å². The first kappa shape index (κ1) is 10.7. The van der Waals surface area contributed by atoms with Crippen LogP contribution in [0.15, 0.2) is 18.5 Å². The summed E-state index contributed by atoms with van der Waals surface area (Å²) in [6.07, 6.45) is -1.25. The van der Waals surface area contributed by atoms with Crippen LogP contribution >= 0.6 is 0 Å². The lowest BCUT2D eigenvalue weighted by Gasteiger charge is -2.14. The first-order valence-corrected chi connectivity index (χ1v) is 3.58. The van der Waals surface area contributed by atoms with E-state index in [0.29, 0.717) is 0 Å². The normalized spacial score (nSPS) is 11.8. The topological polar surface area (TPSA) is 35.0 Å². The van der Waals surface area contributed by atoms with E-state index < -0.39 is 19.0 Å². The van der Waals surface area contributed by atoms with Gasteiger partial charge in [-0.1, -0.05) is 0 Å². The van der Waals surface area contributed by atoms with Gasteiger partial charge in [-0.15, -0.1) is 0 Å². The van der Waals surface area contributed by atoms with Gasteiger partial charge in [0.1, 0.15) is 0 Å². The largest absolute Gasteiger partial charge is 0.457 e. The quantitative estimate of drug-likeness (QED) is 0.710. The van der Waals surface area contributed by atoms with Gasteiger partial charge in [-0.3, -0.25) is 0 Å². The molecule has 0 aromatic carbocycles. The second-order valence-corrected chi connectivity index (χ2v) is 2.38. The fourth-order valence-corrected chi connectivity index (χ4v) is 0.584. The monoisotopic (exact) mass is 210 g/mol. The van der Waals surface area contributed by atoms with E-state index in [2.05, 4.69) is 14.7 Å². The Morgan fingerprint density at radius 2 is 1.86 bits per heavy atom. The molecule has 0 saturated carbocycles. The van der Waals surface area contributed by atoms with Gasteiger partial charge in [0.05, 0.1) is 0 Å². The number of hydrogen-bond donors (Lipinski definition) is 0. The van der Waals surface area contributed by atoms with Crippen molar-refractivity contribution in [1.29, 1.82) is 0 Å². The van der Waals surface area contributed by atoms with Gasteiger partial charge in [0.15, 0.2) is 6.61 Å². The van der Waals surface area contributed by atoms with Crippen LogP contribution < -0.4 is 4.74 Å². The SMILES string of the molecule is FC(F)C(F)(F)COc1ncccn1. The average Bonchev–Trinajstić information content (AvgIpc) is 2.16. The van der Waals surface area contributed by atoms with Crippen LogP contribution in [0.2, 0.25) is 0 Å². The molecule has 1 heterocycles. The van der Waals surface area contributed by atoms with E-state index in [1.165, 1.54) is 18.5 Å². The van der Waals surface area contributed by atoms with Crippen LogP contribution in [0.25, 0.3) is 0 Å². The molecule has 0 bridgehead atoms. The molecule has 0 amide bonds. The molecular formula is C7H6F4N2O. The van der Waals surface area contributed by atoms with Crippen LogP contribution in [0, 0.1) is 0 Å². The molecule has 1 aromatic rings. The maximum atomic E-state index is 12.3. The molecule has 0 aliphatic rings. The predicted octanol–water partition coefficient (Wildman–Crippen LogP) is 1.76. The van der Waals surface area contributed by atoms with E-state index in [9.17, 15) is 17.6 Å². The predicted molar refractivity (Wildman–Crippen MR) is 38.5 cm³/mol. The average molecular weight is 210 g/mol. The van der Waals surface area contributed by atoms with Crippen molar-refractivity contribution in [2.45, 2.75) is 12.3 Å². The Bertz CT molecular complexity index is 280. The zero-order valence-corrected chi connectivity index (χ0v) is 6.83. The number of aromatic nitrogens is 2. The van der Waals surface area contributed by atoms with Gasteiger partial charge in [0.2, 0.25) is 0 Å². The summed E-state index contributed by atoms with van der Waals surface area (Å²) in [5.74, 6) is -4.18. The van der Waals surface area contributed by atoms with E-state index in [0.717, 1.165) is 0 Å². The summed E-state index contributed by atoms with van der Waals surface area (Å²) in [5, 5.41) is 0. The first-order chi connectivity index (χ1) is 6.52. The third-order valence-corrected chi connectivity index (χ3v) is 1.26. The van der Waals surface area contributed by atoms with Gasteiger partial charge < -0.3 is 4.74 Å². The second-order valence-electron chi connectivity index (χ2n) is 2.38. The van der Waals surface area contributed by atoms with Crippen molar-refractivity contribution in [3.63, 3.8) is 0 Å². The fourth-order valence-electron chi connectivity index (χ4n) is 0.584. The molecule has 7 heteroatoms. The van der Waals surface area contributed by atoms with Crippen molar-refractivity contribution < 1.29 is 22.3 Å². The minimum atomic E-state index is -4.18. The van der Waals surface area contributed by atoms with Crippen LogP contribution in [-0.4, -0.2) is 28.9 Å². The minimum Gasteiger partial charge on any atom is -0.457 e. The standard InChI is InChI=1S/C7H6F4N2O/c8-5(9)7(10,11)4-14-6-12-2-1-3-13-6/h1-3,5H,4H2. The van der Waals surface area contributed by atoms with Gasteiger partial charge >= 0.3 is 18.4 Å². The van der Waals surface area contributed by atoms with Gasteiger partial charge in [-0.05, 0) is 6.07 Å². The fraction of sp³-hybridized carbons (Fsp3) is 0.429. The molecule has 0 saturated heterocycles. The summed E-state index contributed by atoms with van der Waals surface area (Å²) in [5.41, 5.74) is 0. The van der Waals surface area contributed by atoms with Crippen molar-refractivity contribution in [2.24, 2.45) is 0 Å². The molecule has 0 aliphatic heterocycles. The van der Waals surface area contributed by atoms with Crippen molar-refractivity contribution >= 4 is 0 Å². The third-order valence-electron chi connectivity index (χ3n) is 1.26. The molecule has 0 atom stereocenters. The molecule has 0 radical (unpaired) electrons. The van der Waals surface area contributed by atoms with Gasteiger partial charge in [-0.25, -0.2) is 18.7 Å². The van der Waals surface area contributed by atoms with Crippen LogP contribution in [-0.2, 0) is 0 Å². The molecule has 0 aliphatic carbocycles. The lowest BCUT2D eigenvalue weighted by Crippen LogP contribution is -2.34. The molecule has 0 unspecified atom stereocenters. The molecular weight excluding hydrogens is 204 g/mol. The van der Waals surface area contributed by atoms with Crippen LogP contribution in [0.4, 0.5) is 17.6 Å². The highest BCUT2D eigenvalue weighted by Gasteiger charge is 2.41. The number of rotatable bonds is 4. The summed E-state index contributed by atoms with van der Waals surface area (Å²) < 4.78 is 52.2. The lowest BCUT2D eigenvalue weighted by molar-refractivity contribution is -0.149. The Labute approximate surface area is 76.7 Å². The van der Waals surface area contributed by atoms with Crippen LogP contribution in [0.5, 0.6) is 6.01 Å². The first-order valence-electron chi connectivity index (χ1n) is 3.58. The molecule has 3 nitrogen and oxygen atoms in total. The molecule has 0 spiro atoms. The summed E-state index contributed by atoms with van der Waals surface area (Å²) in [6, 6.07) is 1.09. The van der Waals surface area contributed by atoms with E-state index in [4.69, 9.17) is 0 Å². The van der Waals surface area contributed by atoms with Gasteiger partial charge in [0.25, 0.3) is 0 Å². The summed E-state index contributed by atoms with van der Waals surface area (Å²) in [4.78, 5) is 6.86. The lowest BCUT2D eigenvalue weighted by atomic mass is 10.4. The minimum absolute atomic E-state index is 0.354. The molecule has 78 valence electrons. The van der Waals surface area contributed by atoms with Crippen molar-refractivity contribution in [3.05, 3.63) is 18.5 Å². The smallest absolute Gasteiger partial charge is 0.340 e. The van der Waals surface area contributed by atoms with Crippen LogP contribution in [0.1, 0.15) is 0 Å². The Kier molecular flexibility index (Phi) is 3.21. The van der Waals surface area contributed by atoms with Gasteiger partial charge in [0, 0.05) is 12.4 Å². The van der Waals surface area contributed by atoms with Crippen molar-refractivity contribution in [3.8, 4) is 6.01 Å². The summed E-state index contributed by atoms with van der Waals surface area (Å²) in [6.45, 7) is -1.44. The zero-order chi connectivity index (χ0) is 10.6. The Morgan fingerprint density at radius 3 is 2.36 bits per heavy atom. The number of alkyl halides is 4. The van der Waals surface area contributed by atoms with E-state index >= 15 is 0 Å². The summed E-state index contributed by atoms with van der Waals surface area (Å²) in [7, 11) is 0. The highest BCUT2D eigenvalue weighted by Crippen LogP contribution is 2.22. The van der Waals surface area contributed by atoms with Crippen molar-refractivity contribution in [1.82, 2.24) is 9.97 Å².